The van der Waals surface area contributed by atoms with Gasteiger partial charge in [-0.1, -0.05) is 69.1 Å². The quantitative estimate of drug-likeness (QED) is 0.203. The van der Waals surface area contributed by atoms with Crippen LogP contribution in [-0.2, 0) is 9.59 Å². The van der Waals surface area contributed by atoms with Gasteiger partial charge in [-0.3, -0.25) is 9.59 Å². The highest BCUT2D eigenvalue weighted by Crippen LogP contribution is 2.24. The van der Waals surface area contributed by atoms with Crippen LogP contribution in [0, 0.1) is 0 Å². The van der Waals surface area contributed by atoms with E-state index in [1.54, 1.807) is 0 Å². The Morgan fingerprint density at radius 3 is 2.12 bits per heavy atom. The maximum Gasteiger partial charge on any atom is 0.222 e. The van der Waals surface area contributed by atoms with Crippen molar-refractivity contribution in [3.05, 3.63) is 36.5 Å². The number of nitrogens with one attached hydrogen (secondary N) is 1. The molecule has 1 N–H and O–H groups in total. The normalized spacial score (nSPS) is 17.2. The molecule has 0 aromatic carbocycles. The van der Waals surface area contributed by atoms with E-state index in [1.165, 1.54) is 32.1 Å². The fourth-order valence-corrected chi connectivity index (χ4v) is 4.30. The fourth-order valence-electron chi connectivity index (χ4n) is 4.30. The second-order valence-corrected chi connectivity index (χ2v) is 9.39. The van der Waals surface area contributed by atoms with Crippen molar-refractivity contribution in [2.24, 2.45) is 0 Å². The first-order valence-corrected chi connectivity index (χ1v) is 13.2. The highest BCUT2D eigenvalue weighted by Gasteiger charge is 2.25. The van der Waals surface area contributed by atoms with E-state index in [0.717, 1.165) is 70.8 Å². The number of carbonyl (C=O) groups is 2. The molecule has 0 spiro atoms. The van der Waals surface area contributed by atoms with E-state index in [9.17, 15) is 9.59 Å². The van der Waals surface area contributed by atoms with Gasteiger partial charge in [-0.05, 0) is 64.2 Å². The molecule has 4 nitrogen and oxygen atoms in total. The summed E-state index contributed by atoms with van der Waals surface area (Å²) < 4.78 is 0. The molecular formula is C28H46N2O2. The third-order valence-electron chi connectivity index (χ3n) is 6.38. The molecule has 0 aliphatic heterocycles. The van der Waals surface area contributed by atoms with Gasteiger partial charge in [0.05, 0.1) is 0 Å². The highest BCUT2D eigenvalue weighted by atomic mass is 16.2. The van der Waals surface area contributed by atoms with E-state index < -0.39 is 0 Å². The Labute approximate surface area is 196 Å². The number of allylic oxidation sites excluding steroid dienone is 5. The van der Waals surface area contributed by atoms with Crippen LogP contribution in [0.1, 0.15) is 110 Å². The van der Waals surface area contributed by atoms with Crippen LogP contribution in [0.2, 0.25) is 0 Å². The zero-order valence-electron chi connectivity index (χ0n) is 20.4. The van der Waals surface area contributed by atoms with Gasteiger partial charge in [0, 0.05) is 31.5 Å². The van der Waals surface area contributed by atoms with Gasteiger partial charge in [0.15, 0.2) is 0 Å². The molecule has 0 saturated heterocycles. The largest absolute Gasteiger partial charge is 0.353 e. The monoisotopic (exact) mass is 442 g/mol. The minimum Gasteiger partial charge on any atom is -0.353 e. The molecule has 0 aromatic rings. The Balaban J connectivity index is 1.52. The van der Waals surface area contributed by atoms with Crippen molar-refractivity contribution in [3.63, 3.8) is 0 Å². The summed E-state index contributed by atoms with van der Waals surface area (Å²) in [4.78, 5) is 26.5. The average Bonchev–Trinajstić information content (AvgIpc) is 3.43. The fraction of sp³-hybridized carbons (Fsp3) is 0.714. The molecule has 180 valence electrons. The van der Waals surface area contributed by atoms with Crippen molar-refractivity contribution < 1.29 is 9.59 Å². The van der Waals surface area contributed by atoms with E-state index in [-0.39, 0.29) is 5.91 Å². The third-order valence-corrected chi connectivity index (χ3v) is 6.38. The van der Waals surface area contributed by atoms with Crippen LogP contribution < -0.4 is 5.32 Å². The van der Waals surface area contributed by atoms with Gasteiger partial charge in [-0.2, -0.15) is 0 Å². The number of hydrogen-bond donors (Lipinski definition) is 1. The van der Waals surface area contributed by atoms with Crippen LogP contribution >= 0.6 is 0 Å². The van der Waals surface area contributed by atoms with Crippen molar-refractivity contribution in [1.82, 2.24) is 10.2 Å². The zero-order valence-corrected chi connectivity index (χ0v) is 20.4. The van der Waals surface area contributed by atoms with E-state index in [2.05, 4.69) is 53.6 Å². The molecule has 0 unspecified atom stereocenters. The maximum absolute atomic E-state index is 12.7. The van der Waals surface area contributed by atoms with E-state index in [4.69, 9.17) is 0 Å². The van der Waals surface area contributed by atoms with Gasteiger partial charge in [0.1, 0.15) is 0 Å². The third kappa shape index (κ3) is 12.3. The lowest BCUT2D eigenvalue weighted by atomic mass is 10.1. The maximum atomic E-state index is 12.7. The van der Waals surface area contributed by atoms with Crippen LogP contribution in [-0.4, -0.2) is 35.3 Å². The molecule has 2 fully saturated rings. The summed E-state index contributed by atoms with van der Waals surface area (Å²) >= 11 is 0. The molecule has 0 atom stereocenters. The minimum absolute atomic E-state index is 0.208. The molecule has 4 heteroatoms. The van der Waals surface area contributed by atoms with Crippen molar-refractivity contribution in [2.45, 2.75) is 122 Å². The molecule has 2 rings (SSSR count). The Kier molecular flexibility index (Phi) is 13.8. The number of rotatable bonds is 17. The van der Waals surface area contributed by atoms with E-state index in [0.29, 0.717) is 24.4 Å². The predicted molar refractivity (Wildman–Crippen MR) is 134 cm³/mol. The Morgan fingerprint density at radius 2 is 1.47 bits per heavy atom. The first-order valence-electron chi connectivity index (χ1n) is 13.2. The summed E-state index contributed by atoms with van der Waals surface area (Å²) in [5.41, 5.74) is 0. The summed E-state index contributed by atoms with van der Waals surface area (Å²) in [5.74, 6) is 0.578. The van der Waals surface area contributed by atoms with Gasteiger partial charge in [-0.15, -0.1) is 0 Å². The van der Waals surface area contributed by atoms with Gasteiger partial charge in [0.25, 0.3) is 0 Å². The molecule has 2 aliphatic carbocycles. The zero-order chi connectivity index (χ0) is 22.9. The van der Waals surface area contributed by atoms with Crippen LogP contribution in [0.15, 0.2) is 36.5 Å². The van der Waals surface area contributed by atoms with Gasteiger partial charge in [0.2, 0.25) is 11.8 Å². The summed E-state index contributed by atoms with van der Waals surface area (Å²) in [5, 5.41) is 3.03. The topological polar surface area (TPSA) is 49.4 Å². The number of carbonyl (C=O) groups excluding carboxylic acids is 2. The second-order valence-electron chi connectivity index (χ2n) is 9.39. The average molecular weight is 443 g/mol. The Bertz CT molecular complexity index is 613. The Morgan fingerprint density at radius 1 is 0.812 bits per heavy atom. The summed E-state index contributed by atoms with van der Waals surface area (Å²) in [7, 11) is 0. The van der Waals surface area contributed by atoms with E-state index >= 15 is 0 Å². The van der Waals surface area contributed by atoms with Crippen molar-refractivity contribution in [3.8, 4) is 0 Å². The highest BCUT2D eigenvalue weighted by molar-refractivity contribution is 5.76. The SMILES string of the molecule is CCCCCC(=O)N(CCC=CCC=CCC=CCCCC(=O)NC1CC1)C1CCCC1. The lowest BCUT2D eigenvalue weighted by molar-refractivity contribution is -0.133. The smallest absolute Gasteiger partial charge is 0.222 e. The molecule has 2 aliphatic rings. The minimum atomic E-state index is 0.208. The molecule has 2 saturated carbocycles. The Hall–Kier alpha value is -1.84. The second kappa shape index (κ2) is 16.7. The van der Waals surface area contributed by atoms with Gasteiger partial charge >= 0.3 is 0 Å². The first-order chi connectivity index (χ1) is 15.7. The molecule has 0 heterocycles. The number of unbranched alkanes of at least 4 members (excludes halogenated alkanes) is 3. The number of amides is 2. The van der Waals surface area contributed by atoms with Crippen LogP contribution in [0.25, 0.3) is 0 Å². The number of nitrogens with zero attached hydrogens (tertiary/aromatic N) is 1. The molecule has 0 radical (unpaired) electrons. The van der Waals surface area contributed by atoms with Crippen LogP contribution in [0.4, 0.5) is 0 Å². The lowest BCUT2D eigenvalue weighted by Gasteiger charge is -2.29. The molecule has 32 heavy (non-hydrogen) atoms. The summed E-state index contributed by atoms with van der Waals surface area (Å²) in [6, 6.07) is 0.957. The molecule has 0 aromatic heterocycles. The molecule has 0 bridgehead atoms. The van der Waals surface area contributed by atoms with Crippen LogP contribution in [0.3, 0.4) is 0 Å². The molecular weight excluding hydrogens is 396 g/mol. The van der Waals surface area contributed by atoms with E-state index in [1.807, 2.05) is 0 Å². The van der Waals surface area contributed by atoms with Crippen molar-refractivity contribution in [2.75, 3.05) is 6.54 Å². The summed E-state index contributed by atoms with van der Waals surface area (Å²) in [6.07, 6.45) is 29.9. The first kappa shape index (κ1) is 26.4. The van der Waals surface area contributed by atoms with Crippen LogP contribution in [0.5, 0.6) is 0 Å². The van der Waals surface area contributed by atoms with Crippen molar-refractivity contribution in [1.29, 1.82) is 0 Å². The standard InChI is InChI=1S/C28H46N2O2/c1-2-3-13-21-28(32)30(26-18-15-16-19-26)24-17-12-10-8-6-4-5-7-9-11-14-20-27(31)29-25-22-23-25/h4,6-7,9-10,12,25-26H,2-3,5,8,11,13-24H2,1H3,(H,29,31). The number of hydrogen-bond acceptors (Lipinski definition) is 2. The lowest BCUT2D eigenvalue weighted by Crippen LogP contribution is -2.39. The predicted octanol–water partition coefficient (Wildman–Crippen LogP) is 6.63. The van der Waals surface area contributed by atoms with Gasteiger partial charge < -0.3 is 10.2 Å². The molecule has 2 amide bonds. The van der Waals surface area contributed by atoms with Crippen molar-refractivity contribution >= 4 is 11.8 Å². The van der Waals surface area contributed by atoms with Gasteiger partial charge in [-0.25, -0.2) is 0 Å². The summed E-state index contributed by atoms with van der Waals surface area (Å²) in [6.45, 7) is 3.06.